The highest BCUT2D eigenvalue weighted by molar-refractivity contribution is 8.26. The molecule has 0 radical (unpaired) electrons. The molecular formula is C29H22N4O5S2. The van der Waals surface area contributed by atoms with Gasteiger partial charge in [-0.05, 0) is 55.5 Å². The Morgan fingerprint density at radius 1 is 1.02 bits per heavy atom. The van der Waals surface area contributed by atoms with E-state index < -0.39 is 11.8 Å². The van der Waals surface area contributed by atoms with Crippen molar-refractivity contribution in [2.24, 2.45) is 0 Å². The van der Waals surface area contributed by atoms with E-state index >= 15 is 0 Å². The number of hydrogen-bond donors (Lipinski definition) is 2. The summed E-state index contributed by atoms with van der Waals surface area (Å²) >= 11 is 6.51. The maximum atomic E-state index is 13.2. The van der Waals surface area contributed by atoms with E-state index in [0.717, 1.165) is 38.9 Å². The molecule has 0 atom stereocenters. The van der Waals surface area contributed by atoms with Crippen molar-refractivity contribution in [3.05, 3.63) is 94.5 Å². The van der Waals surface area contributed by atoms with Gasteiger partial charge in [0.25, 0.3) is 11.8 Å². The molecule has 40 heavy (non-hydrogen) atoms. The van der Waals surface area contributed by atoms with Gasteiger partial charge < -0.3 is 19.4 Å². The topological polar surface area (TPSA) is 102 Å². The van der Waals surface area contributed by atoms with E-state index in [1.807, 2.05) is 35.8 Å². The minimum absolute atomic E-state index is 0.0583. The first kappa shape index (κ1) is 25.7. The number of benzene rings is 3. The second kappa shape index (κ2) is 10.5. The molecule has 0 spiro atoms. The molecule has 4 aromatic rings. The van der Waals surface area contributed by atoms with Crippen LogP contribution in [0, 0.1) is 6.92 Å². The van der Waals surface area contributed by atoms with Crippen LogP contribution in [0.3, 0.4) is 0 Å². The van der Waals surface area contributed by atoms with Crippen LogP contribution in [0.4, 0.5) is 5.69 Å². The Balaban J connectivity index is 1.25. The van der Waals surface area contributed by atoms with Crippen LogP contribution in [0.15, 0.2) is 77.7 Å². The number of para-hydroxylation sites is 1. The Morgan fingerprint density at radius 2 is 1.77 bits per heavy atom. The first-order chi connectivity index (χ1) is 19.4. The van der Waals surface area contributed by atoms with Crippen molar-refractivity contribution in [1.29, 1.82) is 0 Å². The summed E-state index contributed by atoms with van der Waals surface area (Å²) in [4.78, 5) is 39.3. The first-order valence-corrected chi connectivity index (χ1v) is 13.5. The number of nitrogens with zero attached hydrogens (tertiary/aromatic N) is 2. The number of thioether (sulfide) groups is 1. The zero-order chi connectivity index (χ0) is 27.8. The number of nitrogens with one attached hydrogen (secondary N) is 2. The highest BCUT2D eigenvalue weighted by Crippen LogP contribution is 2.36. The molecule has 0 saturated carbocycles. The largest absolute Gasteiger partial charge is 0.454 e. The molecule has 9 nitrogen and oxygen atoms in total. The minimum atomic E-state index is -0.431. The number of carbonyl (C=O) groups excluding carboxylic acids is 3. The second-order valence-electron chi connectivity index (χ2n) is 9.04. The molecule has 11 heteroatoms. The summed E-state index contributed by atoms with van der Waals surface area (Å²) in [5.41, 5.74) is 6.06. The number of amides is 3. The normalized spacial score (nSPS) is 15.2. The zero-order valence-corrected chi connectivity index (χ0v) is 22.8. The van der Waals surface area contributed by atoms with E-state index in [9.17, 15) is 14.4 Å². The maximum Gasteiger partial charge on any atom is 0.285 e. The number of anilines is 1. The van der Waals surface area contributed by atoms with E-state index in [-0.39, 0.29) is 23.6 Å². The second-order valence-corrected chi connectivity index (χ2v) is 10.7. The molecule has 3 heterocycles. The fraction of sp³-hybridized carbons (Fsp3) is 0.103. The van der Waals surface area contributed by atoms with Crippen molar-refractivity contribution in [3.63, 3.8) is 0 Å². The number of hydrogen-bond acceptors (Lipinski definition) is 7. The van der Waals surface area contributed by atoms with Gasteiger partial charge in [-0.3, -0.25) is 19.8 Å². The maximum absolute atomic E-state index is 13.2. The number of rotatable bonds is 6. The van der Waals surface area contributed by atoms with Crippen molar-refractivity contribution in [3.8, 4) is 11.5 Å². The van der Waals surface area contributed by atoms with Crippen LogP contribution >= 0.6 is 24.0 Å². The lowest BCUT2D eigenvalue weighted by molar-refractivity contribution is -0.123. The van der Waals surface area contributed by atoms with Gasteiger partial charge >= 0.3 is 0 Å². The molecule has 3 amide bonds. The molecule has 6 rings (SSSR count). The van der Waals surface area contributed by atoms with E-state index in [4.69, 9.17) is 21.7 Å². The van der Waals surface area contributed by atoms with Gasteiger partial charge in [-0.25, -0.2) is 0 Å². The summed E-state index contributed by atoms with van der Waals surface area (Å²) in [7, 11) is 0. The van der Waals surface area contributed by atoms with Crippen molar-refractivity contribution in [2.75, 3.05) is 12.1 Å². The summed E-state index contributed by atoms with van der Waals surface area (Å²) in [5.74, 6) is 0.152. The molecule has 200 valence electrons. The number of fused-ring (bicyclic) bond motifs is 2. The van der Waals surface area contributed by atoms with Crippen LogP contribution in [0.5, 0.6) is 11.5 Å². The number of aromatic nitrogens is 1. The zero-order valence-electron chi connectivity index (χ0n) is 21.2. The van der Waals surface area contributed by atoms with Crippen LogP contribution in [0.1, 0.15) is 21.6 Å². The monoisotopic (exact) mass is 570 g/mol. The molecule has 0 aliphatic carbocycles. The summed E-state index contributed by atoms with van der Waals surface area (Å²) in [6.45, 7) is 2.11. The predicted molar refractivity (Wildman–Crippen MR) is 157 cm³/mol. The van der Waals surface area contributed by atoms with Crippen molar-refractivity contribution < 1.29 is 23.9 Å². The lowest BCUT2D eigenvalue weighted by Crippen LogP contribution is -2.44. The third-order valence-electron chi connectivity index (χ3n) is 6.56. The van der Waals surface area contributed by atoms with Crippen molar-refractivity contribution in [2.45, 2.75) is 13.5 Å². The molecule has 2 aliphatic heterocycles. The molecular weight excluding hydrogens is 548 g/mol. The minimum Gasteiger partial charge on any atom is -0.454 e. The predicted octanol–water partition coefficient (Wildman–Crippen LogP) is 4.86. The molecule has 1 aromatic heterocycles. The van der Waals surface area contributed by atoms with Crippen LogP contribution < -0.4 is 20.2 Å². The first-order valence-electron chi connectivity index (χ1n) is 12.3. The van der Waals surface area contributed by atoms with Crippen LogP contribution in [0.25, 0.3) is 17.0 Å². The number of ether oxygens (including phenoxy) is 2. The van der Waals surface area contributed by atoms with Crippen LogP contribution in [-0.4, -0.2) is 38.4 Å². The molecule has 2 N–H and O–H groups in total. The van der Waals surface area contributed by atoms with Crippen molar-refractivity contribution >= 4 is 68.7 Å². The van der Waals surface area contributed by atoms with Gasteiger partial charge in [0.1, 0.15) is 6.54 Å². The fourth-order valence-corrected chi connectivity index (χ4v) is 5.77. The Hall–Kier alpha value is -4.61. The fourth-order valence-electron chi connectivity index (χ4n) is 4.61. The summed E-state index contributed by atoms with van der Waals surface area (Å²) in [6, 6.07) is 21.5. The highest BCUT2D eigenvalue weighted by Gasteiger charge is 2.34. The average Bonchev–Trinajstić information content (AvgIpc) is 3.61. The number of carbonyl (C=O) groups is 3. The van der Waals surface area contributed by atoms with E-state index in [1.54, 1.807) is 54.6 Å². The smallest absolute Gasteiger partial charge is 0.285 e. The van der Waals surface area contributed by atoms with E-state index in [2.05, 4.69) is 10.7 Å². The molecule has 2 aliphatic rings. The Labute approximate surface area is 238 Å². The van der Waals surface area contributed by atoms with E-state index in [1.165, 1.54) is 0 Å². The Bertz CT molecular complexity index is 1730. The van der Waals surface area contributed by atoms with Gasteiger partial charge in [-0.1, -0.05) is 48.2 Å². The molecule has 0 unspecified atom stereocenters. The Morgan fingerprint density at radius 3 is 2.60 bits per heavy atom. The molecule has 1 fully saturated rings. The molecule has 1 saturated heterocycles. The van der Waals surface area contributed by atoms with E-state index in [0.29, 0.717) is 27.7 Å². The average molecular weight is 571 g/mol. The van der Waals surface area contributed by atoms with Crippen LogP contribution in [0.2, 0.25) is 0 Å². The van der Waals surface area contributed by atoms with Gasteiger partial charge in [0.2, 0.25) is 12.7 Å². The number of thiocarbonyl (C=S) groups is 1. The lowest BCUT2D eigenvalue weighted by atomic mass is 10.1. The Kier molecular flexibility index (Phi) is 6.74. The number of hydrazine groups is 1. The summed E-state index contributed by atoms with van der Waals surface area (Å²) in [5, 5.41) is 4.89. The molecule has 3 aromatic carbocycles. The summed E-state index contributed by atoms with van der Waals surface area (Å²) in [6.07, 6.45) is 1.76. The van der Waals surface area contributed by atoms with Gasteiger partial charge in [0.15, 0.2) is 15.8 Å². The third kappa shape index (κ3) is 4.80. The van der Waals surface area contributed by atoms with Gasteiger partial charge in [-0.15, -0.1) is 0 Å². The quantitative estimate of drug-likeness (QED) is 0.252. The van der Waals surface area contributed by atoms with Crippen molar-refractivity contribution in [1.82, 2.24) is 15.0 Å². The van der Waals surface area contributed by atoms with Crippen LogP contribution in [-0.2, 0) is 16.1 Å². The lowest BCUT2D eigenvalue weighted by Gasteiger charge is -2.15. The van der Waals surface area contributed by atoms with Gasteiger partial charge in [0.05, 0.1) is 4.91 Å². The summed E-state index contributed by atoms with van der Waals surface area (Å²) < 4.78 is 12.9. The third-order valence-corrected chi connectivity index (χ3v) is 7.86. The molecule has 0 bridgehead atoms. The standard InChI is InChI=1S/C29H22N4O5S2/c1-17-21(14-25-28(36)33(29(39)40-25)31-27(35)18-7-3-2-4-8-18)20-9-5-6-10-22(20)32(17)15-26(34)30-19-11-12-23-24(13-19)38-16-37-23/h2-14H,15-16H2,1H3,(H,30,34)(H,31,35)/b25-14-. The highest BCUT2D eigenvalue weighted by atomic mass is 32.2. The SMILES string of the molecule is Cc1c(/C=C2\SC(=S)N(NC(=O)c3ccccc3)C2=O)c2ccccc2n1CC(=O)Nc1ccc2c(c1)OCO2. The van der Waals surface area contributed by atoms with Gasteiger partial charge in [0, 0.05) is 39.5 Å². The van der Waals surface area contributed by atoms with Gasteiger partial charge in [-0.2, -0.15) is 5.01 Å².